The van der Waals surface area contributed by atoms with E-state index < -0.39 is 11.4 Å². The lowest BCUT2D eigenvalue weighted by Crippen LogP contribution is -2.05. The van der Waals surface area contributed by atoms with Crippen molar-refractivity contribution < 1.29 is 24.5 Å². The van der Waals surface area contributed by atoms with E-state index in [1.165, 1.54) is 32.1 Å². The van der Waals surface area contributed by atoms with Crippen molar-refractivity contribution in [2.24, 2.45) is 0 Å². The zero-order chi connectivity index (χ0) is 22.0. The summed E-state index contributed by atoms with van der Waals surface area (Å²) >= 11 is 0. The van der Waals surface area contributed by atoms with Crippen LogP contribution in [0.1, 0.15) is 101 Å². The average Bonchev–Trinajstić information content (AvgIpc) is 2.72. The number of allylic oxidation sites excluding steroid dienone is 2. The van der Waals surface area contributed by atoms with Crippen LogP contribution >= 0.6 is 0 Å². The van der Waals surface area contributed by atoms with Gasteiger partial charge in [0.1, 0.15) is 18.1 Å². The summed E-state index contributed by atoms with van der Waals surface area (Å²) in [5.74, 6) is -0.566. The first kappa shape index (κ1) is 26.0. The minimum atomic E-state index is -0.697. The monoisotopic (exact) mass is 422 g/mol. The fraction of sp³-hybridized carbons (Fsp3) is 0.667. The number of hydrogen-bond acceptors (Lipinski definition) is 5. The minimum absolute atomic E-state index is 0.191. The van der Waals surface area contributed by atoms with Crippen molar-refractivity contribution >= 4 is 5.97 Å². The number of carbonyl (C=O) groups is 1. The number of rotatable bonds is 18. The van der Waals surface area contributed by atoms with E-state index in [4.69, 9.17) is 14.6 Å². The molecule has 0 amide bonds. The molecule has 1 aromatic heterocycles. The second kappa shape index (κ2) is 16.7. The lowest BCUT2D eigenvalue weighted by molar-refractivity contribution is -0.137. The number of unbranched alkanes of at least 4 members (excludes halogenated alkanes) is 11. The molecule has 0 bridgehead atoms. The molecule has 3 N–H and O–H groups in total. The SMILES string of the molecule is O=C(O)CCCCCCCC=CCCCCCCCCc1oc(CO)cc(=O)c1O. The van der Waals surface area contributed by atoms with Gasteiger partial charge in [-0.2, -0.15) is 0 Å². The molecule has 0 unspecified atom stereocenters. The van der Waals surface area contributed by atoms with Crippen molar-refractivity contribution in [1.29, 1.82) is 0 Å². The largest absolute Gasteiger partial charge is 0.502 e. The zero-order valence-electron chi connectivity index (χ0n) is 18.1. The first-order chi connectivity index (χ1) is 14.5. The molecule has 170 valence electrons. The molecular formula is C24H38O6. The molecule has 1 heterocycles. The van der Waals surface area contributed by atoms with Gasteiger partial charge in [-0.15, -0.1) is 0 Å². The molecule has 0 atom stereocenters. The van der Waals surface area contributed by atoms with Gasteiger partial charge in [-0.05, 0) is 38.5 Å². The molecule has 1 aromatic rings. The van der Waals surface area contributed by atoms with Gasteiger partial charge in [-0.1, -0.05) is 57.1 Å². The van der Waals surface area contributed by atoms with Gasteiger partial charge < -0.3 is 19.7 Å². The maximum atomic E-state index is 11.6. The quantitative estimate of drug-likeness (QED) is 0.213. The van der Waals surface area contributed by atoms with Crippen molar-refractivity contribution in [2.45, 2.75) is 103 Å². The summed E-state index contributed by atoms with van der Waals surface area (Å²) in [7, 11) is 0. The summed E-state index contributed by atoms with van der Waals surface area (Å²) in [6.45, 7) is -0.342. The van der Waals surface area contributed by atoms with Crippen LogP contribution in [0.2, 0.25) is 0 Å². The van der Waals surface area contributed by atoms with Crippen LogP contribution < -0.4 is 5.43 Å². The predicted octanol–water partition coefficient (Wildman–Crippen LogP) is 5.48. The highest BCUT2D eigenvalue weighted by molar-refractivity contribution is 5.66. The summed E-state index contributed by atoms with van der Waals surface area (Å²) < 4.78 is 5.34. The Morgan fingerprint density at radius 1 is 0.867 bits per heavy atom. The van der Waals surface area contributed by atoms with Gasteiger partial charge in [0.15, 0.2) is 0 Å². The smallest absolute Gasteiger partial charge is 0.303 e. The Labute approximate surface area is 179 Å². The molecule has 6 nitrogen and oxygen atoms in total. The van der Waals surface area contributed by atoms with E-state index in [0.29, 0.717) is 12.8 Å². The summed E-state index contributed by atoms with van der Waals surface area (Å²) in [5.41, 5.74) is -0.496. The molecule has 0 aliphatic heterocycles. The van der Waals surface area contributed by atoms with Gasteiger partial charge in [0.25, 0.3) is 0 Å². The van der Waals surface area contributed by atoms with Crippen LogP contribution in [0.4, 0.5) is 0 Å². The lowest BCUT2D eigenvalue weighted by atomic mass is 10.1. The number of aliphatic hydroxyl groups is 1. The van der Waals surface area contributed by atoms with E-state index in [2.05, 4.69) is 12.2 Å². The van der Waals surface area contributed by atoms with Crippen molar-refractivity contribution in [2.75, 3.05) is 0 Å². The molecule has 0 fully saturated rings. The minimum Gasteiger partial charge on any atom is -0.502 e. The maximum absolute atomic E-state index is 11.6. The summed E-state index contributed by atoms with van der Waals surface area (Å²) in [6, 6.07) is 1.12. The number of aliphatic hydroxyl groups excluding tert-OH is 1. The molecule has 0 spiro atoms. The van der Waals surface area contributed by atoms with Crippen LogP contribution in [0.15, 0.2) is 27.4 Å². The number of carboxylic acids is 1. The summed E-state index contributed by atoms with van der Waals surface area (Å²) in [5, 5.41) is 27.4. The maximum Gasteiger partial charge on any atom is 0.303 e. The zero-order valence-corrected chi connectivity index (χ0v) is 18.1. The fourth-order valence-electron chi connectivity index (χ4n) is 3.39. The molecule has 30 heavy (non-hydrogen) atoms. The Bertz CT molecular complexity index is 677. The topological polar surface area (TPSA) is 108 Å². The summed E-state index contributed by atoms with van der Waals surface area (Å²) in [6.07, 6.45) is 19.4. The Morgan fingerprint density at radius 3 is 1.97 bits per heavy atom. The van der Waals surface area contributed by atoms with Crippen LogP contribution in [0.3, 0.4) is 0 Å². The van der Waals surface area contributed by atoms with E-state index in [1.807, 2.05) is 0 Å². The van der Waals surface area contributed by atoms with Gasteiger partial charge in [0, 0.05) is 18.9 Å². The van der Waals surface area contributed by atoms with Crippen molar-refractivity contribution in [3.05, 3.63) is 40.0 Å². The molecule has 0 aromatic carbocycles. The van der Waals surface area contributed by atoms with Crippen LogP contribution in [0, 0.1) is 0 Å². The second-order valence-electron chi connectivity index (χ2n) is 7.84. The van der Waals surface area contributed by atoms with Crippen LogP contribution in [0.25, 0.3) is 0 Å². The molecule has 0 aliphatic carbocycles. The van der Waals surface area contributed by atoms with Crippen molar-refractivity contribution in [1.82, 2.24) is 0 Å². The van der Waals surface area contributed by atoms with Crippen molar-refractivity contribution in [3.8, 4) is 5.75 Å². The Balaban J connectivity index is 1.93. The van der Waals surface area contributed by atoms with E-state index in [-0.39, 0.29) is 23.9 Å². The highest BCUT2D eigenvalue weighted by atomic mass is 16.4. The van der Waals surface area contributed by atoms with Crippen molar-refractivity contribution in [3.63, 3.8) is 0 Å². The van der Waals surface area contributed by atoms with E-state index in [9.17, 15) is 14.7 Å². The normalized spacial score (nSPS) is 11.4. The van der Waals surface area contributed by atoms with Gasteiger partial charge in [0.05, 0.1) is 0 Å². The molecule has 0 saturated carbocycles. The fourth-order valence-corrected chi connectivity index (χ4v) is 3.39. The number of carboxylic acid groups (broad SMARTS) is 1. The van der Waals surface area contributed by atoms with Gasteiger partial charge in [0.2, 0.25) is 11.2 Å². The van der Waals surface area contributed by atoms with Crippen LogP contribution in [0.5, 0.6) is 5.75 Å². The van der Waals surface area contributed by atoms with E-state index >= 15 is 0 Å². The molecule has 1 rings (SSSR count). The van der Waals surface area contributed by atoms with Gasteiger partial charge in [-0.25, -0.2) is 0 Å². The highest BCUT2D eigenvalue weighted by Gasteiger charge is 2.10. The standard InChI is InChI=1S/C24H38O6/c25-19-20-18-21(26)24(29)22(30-20)16-14-12-10-8-6-4-2-1-3-5-7-9-11-13-15-17-23(27)28/h1,3,18,25,29H,2,4-17,19H2,(H,27,28). The predicted molar refractivity (Wildman–Crippen MR) is 118 cm³/mol. The number of aromatic hydroxyl groups is 1. The van der Waals surface area contributed by atoms with Gasteiger partial charge in [-0.3, -0.25) is 9.59 Å². The van der Waals surface area contributed by atoms with E-state index in [0.717, 1.165) is 57.4 Å². The second-order valence-corrected chi connectivity index (χ2v) is 7.84. The molecule has 0 aliphatic rings. The van der Waals surface area contributed by atoms with Crippen LogP contribution in [-0.2, 0) is 17.8 Å². The Hall–Kier alpha value is -2.08. The van der Waals surface area contributed by atoms with Gasteiger partial charge >= 0.3 is 5.97 Å². The molecular weight excluding hydrogens is 384 g/mol. The number of hydrogen-bond donors (Lipinski definition) is 3. The average molecular weight is 423 g/mol. The first-order valence-corrected chi connectivity index (χ1v) is 11.4. The summed E-state index contributed by atoms with van der Waals surface area (Å²) in [4.78, 5) is 22.0. The Morgan fingerprint density at radius 2 is 1.40 bits per heavy atom. The third-order valence-corrected chi connectivity index (χ3v) is 5.15. The third-order valence-electron chi connectivity index (χ3n) is 5.15. The Kier molecular flexibility index (Phi) is 14.4. The first-order valence-electron chi connectivity index (χ1n) is 11.4. The van der Waals surface area contributed by atoms with E-state index in [1.54, 1.807) is 0 Å². The third kappa shape index (κ3) is 12.5. The number of aryl methyl sites for hydroxylation is 1. The molecule has 0 saturated heterocycles. The lowest BCUT2D eigenvalue weighted by Gasteiger charge is -2.05. The molecule has 6 heteroatoms. The van der Waals surface area contributed by atoms with Crippen LogP contribution in [-0.4, -0.2) is 21.3 Å². The highest BCUT2D eigenvalue weighted by Crippen LogP contribution is 2.18. The molecule has 0 radical (unpaired) electrons. The number of aliphatic carboxylic acids is 1.